The molecule has 1 N–H and O–H groups in total. The fraction of sp³-hybridized carbons (Fsp3) is 0.286. The van der Waals surface area contributed by atoms with Gasteiger partial charge in [0, 0.05) is 13.2 Å². The van der Waals surface area contributed by atoms with Gasteiger partial charge >= 0.3 is 6.43 Å². The molecule has 0 radical (unpaired) electrons. The van der Waals surface area contributed by atoms with Gasteiger partial charge in [-0.05, 0) is 0 Å². The van der Waals surface area contributed by atoms with E-state index in [4.69, 9.17) is 5.26 Å². The average molecular weight is 200 g/mol. The standard InChI is InChI=1S/C7H6F2N4O/c1-13-3-4(2-10)6(12-13)11-7(14)5(8)9/h3,5H,1H3,(H,11,12,14). The minimum absolute atomic E-state index is 0.0431. The van der Waals surface area contributed by atoms with Gasteiger partial charge in [0.05, 0.1) is 0 Å². The van der Waals surface area contributed by atoms with E-state index < -0.39 is 12.3 Å². The van der Waals surface area contributed by atoms with Crippen LogP contribution in [0.2, 0.25) is 0 Å². The average Bonchev–Trinajstić information content (AvgIpc) is 2.45. The van der Waals surface area contributed by atoms with Gasteiger partial charge in [-0.1, -0.05) is 0 Å². The Balaban J connectivity index is 2.87. The zero-order valence-corrected chi connectivity index (χ0v) is 7.16. The summed E-state index contributed by atoms with van der Waals surface area (Å²) in [5, 5.41) is 14.0. The molecule has 1 aromatic heterocycles. The molecular formula is C7H6F2N4O. The van der Waals surface area contributed by atoms with Crippen LogP contribution in [0.5, 0.6) is 0 Å². The fourth-order valence-electron chi connectivity index (χ4n) is 0.834. The molecule has 1 rings (SSSR count). The predicted octanol–water partition coefficient (Wildman–Crippen LogP) is 0.495. The quantitative estimate of drug-likeness (QED) is 0.755. The van der Waals surface area contributed by atoms with Crippen molar-refractivity contribution < 1.29 is 13.6 Å². The van der Waals surface area contributed by atoms with E-state index in [9.17, 15) is 13.6 Å². The summed E-state index contributed by atoms with van der Waals surface area (Å²) in [5.41, 5.74) is 0.0431. The molecule has 0 saturated carbocycles. The zero-order valence-electron chi connectivity index (χ0n) is 7.16. The van der Waals surface area contributed by atoms with Crippen molar-refractivity contribution in [1.29, 1.82) is 5.26 Å². The second-order valence-corrected chi connectivity index (χ2v) is 2.47. The second kappa shape index (κ2) is 3.83. The number of amides is 1. The Morgan fingerprint density at radius 1 is 1.79 bits per heavy atom. The van der Waals surface area contributed by atoms with Gasteiger partial charge in [-0.25, -0.2) is 0 Å². The number of nitrogens with zero attached hydrogens (tertiary/aromatic N) is 3. The molecule has 0 fully saturated rings. The highest BCUT2D eigenvalue weighted by Crippen LogP contribution is 2.11. The molecule has 0 unspecified atom stereocenters. The van der Waals surface area contributed by atoms with E-state index >= 15 is 0 Å². The minimum Gasteiger partial charge on any atom is -0.303 e. The number of alkyl halides is 2. The monoisotopic (exact) mass is 200 g/mol. The Kier molecular flexibility index (Phi) is 2.76. The van der Waals surface area contributed by atoms with Crippen molar-refractivity contribution in [1.82, 2.24) is 9.78 Å². The van der Waals surface area contributed by atoms with Gasteiger partial charge in [0.25, 0.3) is 5.91 Å². The van der Waals surface area contributed by atoms with Crippen LogP contribution >= 0.6 is 0 Å². The number of aryl methyl sites for hydroxylation is 1. The number of halogens is 2. The Bertz CT molecular complexity index is 393. The van der Waals surface area contributed by atoms with E-state index in [-0.39, 0.29) is 11.4 Å². The van der Waals surface area contributed by atoms with Gasteiger partial charge in [-0.15, -0.1) is 0 Å². The molecule has 74 valence electrons. The van der Waals surface area contributed by atoms with Crippen LogP contribution < -0.4 is 5.32 Å². The molecule has 1 aromatic rings. The second-order valence-electron chi connectivity index (χ2n) is 2.47. The van der Waals surface area contributed by atoms with Crippen molar-refractivity contribution in [3.05, 3.63) is 11.8 Å². The van der Waals surface area contributed by atoms with Crippen LogP contribution in [0, 0.1) is 11.3 Å². The lowest BCUT2D eigenvalue weighted by Gasteiger charge is -1.99. The smallest absolute Gasteiger partial charge is 0.303 e. The number of nitrogens with one attached hydrogen (secondary N) is 1. The number of hydrogen-bond donors (Lipinski definition) is 1. The van der Waals surface area contributed by atoms with Gasteiger partial charge in [-0.3, -0.25) is 9.48 Å². The Labute approximate surface area is 77.9 Å². The molecule has 0 aliphatic rings. The van der Waals surface area contributed by atoms with E-state index in [0.29, 0.717) is 0 Å². The highest BCUT2D eigenvalue weighted by Gasteiger charge is 2.18. The summed E-state index contributed by atoms with van der Waals surface area (Å²) in [4.78, 5) is 10.6. The molecule has 0 atom stereocenters. The van der Waals surface area contributed by atoms with Crippen LogP contribution in [0.15, 0.2) is 6.20 Å². The van der Waals surface area contributed by atoms with Crippen LogP contribution in [-0.2, 0) is 11.8 Å². The molecule has 5 nitrogen and oxygen atoms in total. The highest BCUT2D eigenvalue weighted by atomic mass is 19.3. The first-order valence-electron chi connectivity index (χ1n) is 3.57. The van der Waals surface area contributed by atoms with Crippen molar-refractivity contribution in [2.75, 3.05) is 5.32 Å². The first-order chi connectivity index (χ1) is 6.54. The largest absolute Gasteiger partial charge is 0.315 e. The first-order valence-corrected chi connectivity index (χ1v) is 3.57. The third kappa shape index (κ3) is 2.04. The molecule has 0 spiro atoms. The van der Waals surface area contributed by atoms with E-state index in [2.05, 4.69) is 5.10 Å². The topological polar surface area (TPSA) is 70.7 Å². The summed E-state index contributed by atoms with van der Waals surface area (Å²) in [6.07, 6.45) is -1.80. The molecular weight excluding hydrogens is 194 g/mol. The highest BCUT2D eigenvalue weighted by molar-refractivity contribution is 5.93. The molecule has 1 heterocycles. The molecule has 0 saturated heterocycles. The predicted molar refractivity (Wildman–Crippen MR) is 42.6 cm³/mol. The third-order valence-electron chi connectivity index (χ3n) is 1.39. The molecule has 14 heavy (non-hydrogen) atoms. The summed E-state index contributed by atoms with van der Waals surface area (Å²) in [6, 6.07) is 1.72. The summed E-state index contributed by atoms with van der Waals surface area (Å²) in [7, 11) is 1.51. The van der Waals surface area contributed by atoms with Crippen molar-refractivity contribution in [2.45, 2.75) is 6.43 Å². The third-order valence-corrected chi connectivity index (χ3v) is 1.39. The lowest BCUT2D eigenvalue weighted by molar-refractivity contribution is -0.126. The lowest BCUT2D eigenvalue weighted by atomic mass is 10.3. The van der Waals surface area contributed by atoms with E-state index in [0.717, 1.165) is 0 Å². The molecule has 0 aromatic carbocycles. The number of nitriles is 1. The maximum Gasteiger partial charge on any atom is 0.315 e. The SMILES string of the molecule is Cn1cc(C#N)c(NC(=O)C(F)F)n1. The summed E-state index contributed by atoms with van der Waals surface area (Å²) in [6.45, 7) is 0. The van der Waals surface area contributed by atoms with Crippen LogP contribution in [0.1, 0.15) is 5.56 Å². The van der Waals surface area contributed by atoms with Gasteiger partial charge in [0.2, 0.25) is 0 Å². The van der Waals surface area contributed by atoms with Gasteiger partial charge in [0.1, 0.15) is 11.6 Å². The van der Waals surface area contributed by atoms with E-state index in [1.165, 1.54) is 17.9 Å². The molecule has 7 heteroatoms. The van der Waals surface area contributed by atoms with Gasteiger partial charge in [-0.2, -0.15) is 19.1 Å². The number of aromatic nitrogens is 2. The molecule has 0 aliphatic carbocycles. The van der Waals surface area contributed by atoms with Crippen LogP contribution in [0.3, 0.4) is 0 Å². The lowest BCUT2D eigenvalue weighted by Crippen LogP contribution is -2.20. The number of rotatable bonds is 2. The van der Waals surface area contributed by atoms with Crippen molar-refractivity contribution in [3.63, 3.8) is 0 Å². The number of anilines is 1. The van der Waals surface area contributed by atoms with Gasteiger partial charge < -0.3 is 5.32 Å². The Morgan fingerprint density at radius 2 is 2.43 bits per heavy atom. The number of hydrogen-bond acceptors (Lipinski definition) is 3. The minimum atomic E-state index is -3.12. The maximum absolute atomic E-state index is 11.8. The van der Waals surface area contributed by atoms with Crippen molar-refractivity contribution >= 4 is 11.7 Å². The Morgan fingerprint density at radius 3 is 2.93 bits per heavy atom. The first kappa shape index (κ1) is 10.1. The van der Waals surface area contributed by atoms with Gasteiger partial charge in [0.15, 0.2) is 5.82 Å². The summed E-state index contributed by atoms with van der Waals surface area (Å²) in [5.74, 6) is -1.62. The summed E-state index contributed by atoms with van der Waals surface area (Å²) >= 11 is 0. The van der Waals surface area contributed by atoms with E-state index in [1.54, 1.807) is 6.07 Å². The number of carbonyl (C=O) groups excluding carboxylic acids is 1. The van der Waals surface area contributed by atoms with Crippen LogP contribution in [-0.4, -0.2) is 22.1 Å². The van der Waals surface area contributed by atoms with Crippen molar-refractivity contribution in [3.8, 4) is 6.07 Å². The number of carbonyl (C=O) groups is 1. The van der Waals surface area contributed by atoms with Crippen LogP contribution in [0.25, 0.3) is 0 Å². The zero-order chi connectivity index (χ0) is 10.7. The molecule has 0 aliphatic heterocycles. The Hall–Kier alpha value is -1.97. The maximum atomic E-state index is 11.8. The normalized spacial score (nSPS) is 9.93. The fourth-order valence-corrected chi connectivity index (χ4v) is 0.834. The van der Waals surface area contributed by atoms with Crippen LogP contribution in [0.4, 0.5) is 14.6 Å². The van der Waals surface area contributed by atoms with Crippen molar-refractivity contribution in [2.24, 2.45) is 7.05 Å². The van der Waals surface area contributed by atoms with E-state index in [1.807, 2.05) is 5.32 Å². The summed E-state index contributed by atoms with van der Waals surface area (Å²) < 4.78 is 24.9. The molecule has 0 bridgehead atoms. The molecule has 1 amide bonds.